The molecule has 1 saturated heterocycles. The Kier molecular flexibility index (Phi) is 5.84. The van der Waals surface area contributed by atoms with Gasteiger partial charge in [-0.2, -0.15) is 26.3 Å². The number of alkyl halides is 6. The lowest BCUT2D eigenvalue weighted by atomic mass is 9.91. The number of hydrogen-bond acceptors (Lipinski definition) is 2. The minimum absolute atomic E-state index is 0.136. The molecule has 146 valence electrons. The van der Waals surface area contributed by atoms with Gasteiger partial charge in [0.05, 0.1) is 6.54 Å². The third-order valence-corrected chi connectivity index (χ3v) is 4.68. The van der Waals surface area contributed by atoms with Crippen LogP contribution < -0.4 is 10.2 Å². The Morgan fingerprint density at radius 1 is 1.23 bits per heavy atom. The number of hydrogen-bond donors (Lipinski definition) is 2. The number of nitrogens with one attached hydrogen (secondary N) is 2. The maximum Gasteiger partial charge on any atom is 0.475 e. The van der Waals surface area contributed by atoms with Gasteiger partial charge in [0.25, 0.3) is 0 Å². The number of nitrogens with zero attached hydrogens (tertiary/aromatic N) is 1. The zero-order chi connectivity index (χ0) is 19.6. The zero-order valence-corrected chi connectivity index (χ0v) is 14.0. The molecule has 1 aliphatic rings. The highest BCUT2D eigenvalue weighted by atomic mass is 19.4. The predicted molar refractivity (Wildman–Crippen MR) is 79.9 cm³/mol. The number of piperidine rings is 1. The molecule has 2 heterocycles. The average Bonchev–Trinajstić information content (AvgIpc) is 2.58. The van der Waals surface area contributed by atoms with Crippen molar-refractivity contribution in [2.24, 2.45) is 0 Å². The molecule has 1 aromatic rings. The van der Waals surface area contributed by atoms with E-state index in [1.807, 2.05) is 0 Å². The summed E-state index contributed by atoms with van der Waals surface area (Å²) in [6.07, 6.45) is -8.43. The Balaban J connectivity index is 2.62. The highest BCUT2D eigenvalue weighted by Gasteiger charge is 2.80. The lowest BCUT2D eigenvalue weighted by molar-refractivity contribution is -1.01. The van der Waals surface area contributed by atoms with Gasteiger partial charge in [0.2, 0.25) is 5.91 Å². The molecule has 26 heavy (non-hydrogen) atoms. The van der Waals surface area contributed by atoms with Gasteiger partial charge in [0, 0.05) is 30.8 Å². The van der Waals surface area contributed by atoms with Gasteiger partial charge in [-0.3, -0.25) is 20.0 Å². The van der Waals surface area contributed by atoms with Crippen LogP contribution in [-0.4, -0.2) is 35.5 Å². The molecule has 1 fully saturated rings. The van der Waals surface area contributed by atoms with E-state index in [-0.39, 0.29) is 24.9 Å². The number of rotatable bonds is 4. The van der Waals surface area contributed by atoms with Gasteiger partial charge < -0.3 is 0 Å². The predicted octanol–water partition coefficient (Wildman–Crippen LogP) is 2.54. The molecule has 0 aromatic carbocycles. The molecule has 0 spiro atoms. The topological polar surface area (TPSA) is 46.4 Å². The van der Waals surface area contributed by atoms with Gasteiger partial charge in [0.1, 0.15) is 6.04 Å². The second kappa shape index (κ2) is 7.42. The summed E-state index contributed by atoms with van der Waals surface area (Å²) in [6.45, 7) is 0.833. The third kappa shape index (κ3) is 3.65. The number of carbonyl (C=O) groups is 1. The van der Waals surface area contributed by atoms with Crippen LogP contribution in [-0.2, 0) is 4.79 Å². The van der Waals surface area contributed by atoms with E-state index >= 15 is 0 Å². The molecule has 2 rings (SSSR count). The first-order valence-corrected chi connectivity index (χ1v) is 8.25. The van der Waals surface area contributed by atoms with Gasteiger partial charge >= 0.3 is 18.0 Å². The molecular weight excluding hydrogens is 364 g/mol. The Bertz CT molecular complexity index is 603. The van der Waals surface area contributed by atoms with Crippen LogP contribution in [0.2, 0.25) is 0 Å². The Morgan fingerprint density at radius 3 is 2.38 bits per heavy atom. The maximum absolute atomic E-state index is 13.9. The SMILES string of the molecule is CCC(=O)NC([NH+]1CCCC[C@@H]1c1cccnc1)(C(F)(F)F)C(F)(F)F. The molecule has 0 radical (unpaired) electrons. The van der Waals surface area contributed by atoms with Crippen molar-refractivity contribution in [3.8, 4) is 0 Å². The molecule has 1 amide bonds. The molecule has 0 bridgehead atoms. The van der Waals surface area contributed by atoms with Crippen molar-refractivity contribution in [3.05, 3.63) is 30.1 Å². The average molecular weight is 384 g/mol. The summed E-state index contributed by atoms with van der Waals surface area (Å²) < 4.78 is 83.2. The molecule has 0 saturated carbocycles. The number of pyridine rings is 1. The fourth-order valence-corrected chi connectivity index (χ4v) is 3.46. The van der Waals surface area contributed by atoms with Crippen molar-refractivity contribution in [1.29, 1.82) is 0 Å². The van der Waals surface area contributed by atoms with Gasteiger partial charge in [-0.25, -0.2) is 0 Å². The molecule has 10 heteroatoms. The van der Waals surface area contributed by atoms with Crippen molar-refractivity contribution >= 4 is 5.91 Å². The van der Waals surface area contributed by atoms with Crippen LogP contribution in [0.1, 0.15) is 44.2 Å². The minimum atomic E-state index is -5.72. The van der Waals surface area contributed by atoms with E-state index in [1.54, 1.807) is 0 Å². The standard InChI is InChI=1S/C16H19F6N3O/c1-2-13(26)24-14(15(17,18)19,16(20,21)22)25-9-4-3-7-12(25)11-6-5-8-23-10-11/h5-6,8,10,12H,2-4,7,9H2,1H3,(H,24,26)/p+1/t12-/m1/s1. The largest absolute Gasteiger partial charge is 0.475 e. The van der Waals surface area contributed by atoms with Crippen molar-refractivity contribution in [3.63, 3.8) is 0 Å². The fraction of sp³-hybridized carbons (Fsp3) is 0.625. The third-order valence-electron chi connectivity index (χ3n) is 4.68. The van der Waals surface area contributed by atoms with E-state index in [9.17, 15) is 31.1 Å². The normalized spacial score (nSPS) is 22.1. The Morgan fingerprint density at radius 2 is 1.88 bits per heavy atom. The second-order valence-corrected chi connectivity index (χ2v) is 6.26. The molecule has 1 unspecified atom stereocenters. The number of halogens is 6. The number of amides is 1. The van der Waals surface area contributed by atoms with Crippen LogP contribution >= 0.6 is 0 Å². The Hall–Kier alpha value is -1.84. The monoisotopic (exact) mass is 384 g/mol. The summed E-state index contributed by atoms with van der Waals surface area (Å²) >= 11 is 0. The minimum Gasteiger partial charge on any atom is -0.291 e. The number of quaternary nitrogens is 1. The molecule has 4 nitrogen and oxygen atoms in total. The first-order chi connectivity index (χ1) is 12.0. The molecule has 2 N–H and O–H groups in total. The smallest absolute Gasteiger partial charge is 0.291 e. The van der Waals surface area contributed by atoms with Crippen LogP contribution in [0.15, 0.2) is 24.5 Å². The second-order valence-electron chi connectivity index (χ2n) is 6.26. The quantitative estimate of drug-likeness (QED) is 0.784. The number of likely N-dealkylation sites (tertiary alicyclic amines) is 1. The van der Waals surface area contributed by atoms with E-state index in [0.717, 1.165) is 0 Å². The van der Waals surface area contributed by atoms with Crippen molar-refractivity contribution in [1.82, 2.24) is 10.3 Å². The van der Waals surface area contributed by atoms with Crippen LogP contribution in [0.5, 0.6) is 0 Å². The van der Waals surface area contributed by atoms with Crippen molar-refractivity contribution in [2.45, 2.75) is 56.7 Å². The highest BCUT2D eigenvalue weighted by Crippen LogP contribution is 2.41. The van der Waals surface area contributed by atoms with Crippen LogP contribution in [0.4, 0.5) is 26.3 Å². The summed E-state index contributed by atoms with van der Waals surface area (Å²) in [5.74, 6) is -1.30. The fourth-order valence-electron chi connectivity index (χ4n) is 3.46. The van der Waals surface area contributed by atoms with Gasteiger partial charge in [-0.15, -0.1) is 0 Å². The molecular formula is C16H20F6N3O+. The van der Waals surface area contributed by atoms with E-state index in [2.05, 4.69) is 4.98 Å². The summed E-state index contributed by atoms with van der Waals surface area (Å²) in [4.78, 5) is 14.7. The Labute approximate surface area is 146 Å². The summed E-state index contributed by atoms with van der Waals surface area (Å²) in [5, 5.41) is 1.28. The maximum atomic E-state index is 13.9. The molecule has 0 aliphatic carbocycles. The van der Waals surface area contributed by atoms with Crippen LogP contribution in [0.3, 0.4) is 0 Å². The summed E-state index contributed by atoms with van der Waals surface area (Å²) in [5.41, 5.74) is -4.08. The van der Waals surface area contributed by atoms with Gasteiger partial charge in [-0.1, -0.05) is 13.0 Å². The molecule has 1 aliphatic heterocycles. The van der Waals surface area contributed by atoms with Crippen LogP contribution in [0, 0.1) is 0 Å². The number of carbonyl (C=O) groups excluding carboxylic acids is 1. The van der Waals surface area contributed by atoms with E-state index in [4.69, 9.17) is 0 Å². The van der Waals surface area contributed by atoms with Crippen LogP contribution in [0.25, 0.3) is 0 Å². The van der Waals surface area contributed by atoms with Crippen molar-refractivity contribution < 1.29 is 36.0 Å². The van der Waals surface area contributed by atoms with Gasteiger partial charge in [-0.05, 0) is 18.9 Å². The lowest BCUT2D eigenvalue weighted by Crippen LogP contribution is -3.27. The summed E-state index contributed by atoms with van der Waals surface area (Å²) in [7, 11) is 0. The highest BCUT2D eigenvalue weighted by molar-refractivity contribution is 5.76. The molecule has 2 atom stereocenters. The molecule has 1 aromatic heterocycles. The van der Waals surface area contributed by atoms with E-state index in [1.165, 1.54) is 36.8 Å². The first-order valence-electron chi connectivity index (χ1n) is 8.25. The summed E-state index contributed by atoms with van der Waals surface area (Å²) in [6, 6.07) is 1.84. The zero-order valence-electron chi connectivity index (χ0n) is 14.0. The van der Waals surface area contributed by atoms with E-state index < -0.39 is 41.3 Å². The van der Waals surface area contributed by atoms with Crippen molar-refractivity contribution in [2.75, 3.05) is 6.54 Å². The number of aromatic nitrogens is 1. The first kappa shape index (κ1) is 20.5. The lowest BCUT2D eigenvalue weighted by Gasteiger charge is -2.47. The van der Waals surface area contributed by atoms with E-state index in [0.29, 0.717) is 6.42 Å². The van der Waals surface area contributed by atoms with Gasteiger partial charge in [0.15, 0.2) is 0 Å².